The monoisotopic (exact) mass is 137 g/mol. The van der Waals surface area contributed by atoms with Gasteiger partial charge in [0.1, 0.15) is 0 Å². The van der Waals surface area contributed by atoms with E-state index in [-0.39, 0.29) is 5.78 Å². The summed E-state index contributed by atoms with van der Waals surface area (Å²) in [7, 11) is 0. The molecule has 0 heterocycles. The van der Waals surface area contributed by atoms with Crippen molar-refractivity contribution >= 4 is 5.78 Å². The molecule has 54 valence electrons. The van der Waals surface area contributed by atoms with Crippen molar-refractivity contribution < 1.29 is 4.79 Å². The molecular formula is C8H11NO. The van der Waals surface area contributed by atoms with Crippen LogP contribution in [0, 0.1) is 5.41 Å². The highest BCUT2D eigenvalue weighted by Gasteiger charge is 2.45. The van der Waals surface area contributed by atoms with Gasteiger partial charge in [0, 0.05) is 12.1 Å². The summed E-state index contributed by atoms with van der Waals surface area (Å²) >= 11 is 0. The Morgan fingerprint density at radius 3 is 2.60 bits per heavy atom. The van der Waals surface area contributed by atoms with Gasteiger partial charge in [-0.15, -0.1) is 0 Å². The maximum atomic E-state index is 11.0. The van der Waals surface area contributed by atoms with Crippen molar-refractivity contribution in [2.45, 2.75) is 25.7 Å². The molecule has 0 aliphatic heterocycles. The number of allylic oxidation sites excluding steroid dienone is 2. The van der Waals surface area contributed by atoms with Crippen LogP contribution >= 0.6 is 0 Å². The van der Waals surface area contributed by atoms with Gasteiger partial charge in [-0.05, 0) is 30.8 Å². The minimum atomic E-state index is 0.223. The summed E-state index contributed by atoms with van der Waals surface area (Å²) in [4.78, 5) is 11.0. The Labute approximate surface area is 60.1 Å². The zero-order valence-electron chi connectivity index (χ0n) is 5.89. The predicted octanol–water partition coefficient (Wildman–Crippen LogP) is 0.972. The van der Waals surface area contributed by atoms with E-state index in [1.54, 1.807) is 6.08 Å². The summed E-state index contributed by atoms with van der Waals surface area (Å²) in [6.07, 6.45) is 5.69. The third-order valence-electron chi connectivity index (χ3n) is 2.43. The van der Waals surface area contributed by atoms with E-state index < -0.39 is 0 Å². The summed E-state index contributed by atoms with van der Waals surface area (Å²) in [5.41, 5.74) is 6.70. The third kappa shape index (κ3) is 0.838. The lowest BCUT2D eigenvalue weighted by Crippen LogP contribution is -2.18. The van der Waals surface area contributed by atoms with E-state index in [0.717, 1.165) is 18.5 Å². The van der Waals surface area contributed by atoms with Crippen LogP contribution in [-0.4, -0.2) is 5.78 Å². The first kappa shape index (κ1) is 5.96. The van der Waals surface area contributed by atoms with Gasteiger partial charge in [0.05, 0.1) is 0 Å². The Hall–Kier alpha value is -0.790. The molecule has 0 saturated heterocycles. The summed E-state index contributed by atoms with van der Waals surface area (Å²) < 4.78 is 0. The van der Waals surface area contributed by atoms with E-state index in [2.05, 4.69) is 0 Å². The van der Waals surface area contributed by atoms with Gasteiger partial charge >= 0.3 is 0 Å². The van der Waals surface area contributed by atoms with Crippen molar-refractivity contribution in [2.24, 2.45) is 11.1 Å². The van der Waals surface area contributed by atoms with E-state index in [1.165, 1.54) is 12.8 Å². The van der Waals surface area contributed by atoms with Gasteiger partial charge in [0.25, 0.3) is 0 Å². The Morgan fingerprint density at radius 2 is 2.10 bits per heavy atom. The lowest BCUT2D eigenvalue weighted by molar-refractivity contribution is -0.116. The number of nitrogens with two attached hydrogens (primary N) is 1. The van der Waals surface area contributed by atoms with E-state index in [4.69, 9.17) is 5.73 Å². The molecule has 10 heavy (non-hydrogen) atoms. The van der Waals surface area contributed by atoms with Gasteiger partial charge in [-0.1, -0.05) is 0 Å². The first-order valence-corrected chi connectivity index (χ1v) is 3.69. The van der Waals surface area contributed by atoms with Crippen LogP contribution in [0.25, 0.3) is 0 Å². The Kier molecular flexibility index (Phi) is 0.967. The molecule has 0 unspecified atom stereocenters. The number of hydrogen-bond donors (Lipinski definition) is 1. The van der Waals surface area contributed by atoms with Gasteiger partial charge in [-0.2, -0.15) is 0 Å². The molecule has 2 aliphatic rings. The Balaban J connectivity index is 2.22. The molecule has 1 saturated carbocycles. The van der Waals surface area contributed by atoms with Crippen LogP contribution in [0.1, 0.15) is 25.7 Å². The molecular weight excluding hydrogens is 126 g/mol. The van der Waals surface area contributed by atoms with E-state index in [9.17, 15) is 4.79 Å². The Morgan fingerprint density at radius 1 is 1.40 bits per heavy atom. The van der Waals surface area contributed by atoms with Crippen molar-refractivity contribution in [3.8, 4) is 0 Å². The SMILES string of the molecule is NC1=CC(=O)CC2(CC2)C1. The number of carbonyl (C=O) groups excluding carboxylic acids is 1. The molecule has 2 N–H and O–H groups in total. The molecule has 0 aromatic heterocycles. The average Bonchev–Trinajstić information content (AvgIpc) is 2.44. The van der Waals surface area contributed by atoms with Crippen LogP contribution in [-0.2, 0) is 4.79 Å². The highest BCUT2D eigenvalue weighted by Crippen LogP contribution is 2.54. The third-order valence-corrected chi connectivity index (χ3v) is 2.43. The highest BCUT2D eigenvalue weighted by atomic mass is 16.1. The fourth-order valence-electron chi connectivity index (χ4n) is 1.70. The van der Waals surface area contributed by atoms with Crippen LogP contribution in [0.2, 0.25) is 0 Å². The summed E-state index contributed by atoms with van der Waals surface area (Å²) in [6, 6.07) is 0. The van der Waals surface area contributed by atoms with Crippen LogP contribution in [0.4, 0.5) is 0 Å². The van der Waals surface area contributed by atoms with Crippen LogP contribution in [0.15, 0.2) is 11.8 Å². The van der Waals surface area contributed by atoms with Gasteiger partial charge in [-0.3, -0.25) is 4.79 Å². The number of ketones is 1. The van der Waals surface area contributed by atoms with Gasteiger partial charge < -0.3 is 5.73 Å². The summed E-state index contributed by atoms with van der Waals surface area (Å²) in [5.74, 6) is 0.223. The summed E-state index contributed by atoms with van der Waals surface area (Å²) in [5, 5.41) is 0. The standard InChI is InChI=1S/C8H11NO/c9-6-3-7(10)5-8(4-6)1-2-8/h3H,1-2,4-5,9H2. The van der Waals surface area contributed by atoms with Crippen molar-refractivity contribution in [2.75, 3.05) is 0 Å². The molecule has 0 amide bonds. The molecule has 2 rings (SSSR count). The molecule has 0 bridgehead atoms. The second-order valence-electron chi connectivity index (χ2n) is 3.54. The zero-order chi connectivity index (χ0) is 7.19. The second kappa shape index (κ2) is 1.62. The van der Waals surface area contributed by atoms with Gasteiger partial charge in [-0.25, -0.2) is 0 Å². The lowest BCUT2D eigenvalue weighted by atomic mass is 9.89. The fraction of sp³-hybridized carbons (Fsp3) is 0.625. The lowest BCUT2D eigenvalue weighted by Gasteiger charge is -2.17. The molecule has 2 aliphatic carbocycles. The predicted molar refractivity (Wildman–Crippen MR) is 38.2 cm³/mol. The van der Waals surface area contributed by atoms with E-state index in [0.29, 0.717) is 5.41 Å². The van der Waals surface area contributed by atoms with E-state index >= 15 is 0 Å². The maximum Gasteiger partial charge on any atom is 0.157 e. The minimum absolute atomic E-state index is 0.223. The van der Waals surface area contributed by atoms with Crippen LogP contribution < -0.4 is 5.73 Å². The Bertz CT molecular complexity index is 213. The van der Waals surface area contributed by atoms with Crippen LogP contribution in [0.5, 0.6) is 0 Å². The first-order chi connectivity index (χ1) is 4.70. The number of hydrogen-bond acceptors (Lipinski definition) is 2. The molecule has 0 atom stereocenters. The normalized spacial score (nSPS) is 28.4. The molecule has 2 heteroatoms. The fourth-order valence-corrected chi connectivity index (χ4v) is 1.70. The van der Waals surface area contributed by atoms with E-state index in [1.807, 2.05) is 0 Å². The van der Waals surface area contributed by atoms with Crippen molar-refractivity contribution in [3.05, 3.63) is 11.8 Å². The smallest absolute Gasteiger partial charge is 0.157 e. The van der Waals surface area contributed by atoms with Crippen molar-refractivity contribution in [1.29, 1.82) is 0 Å². The molecule has 0 aromatic rings. The average molecular weight is 137 g/mol. The second-order valence-corrected chi connectivity index (χ2v) is 3.54. The largest absolute Gasteiger partial charge is 0.402 e. The number of carbonyl (C=O) groups is 1. The molecule has 1 spiro atoms. The topological polar surface area (TPSA) is 43.1 Å². The number of rotatable bonds is 0. The quantitative estimate of drug-likeness (QED) is 0.540. The zero-order valence-corrected chi connectivity index (χ0v) is 5.89. The van der Waals surface area contributed by atoms with Crippen LogP contribution in [0.3, 0.4) is 0 Å². The highest BCUT2D eigenvalue weighted by molar-refractivity contribution is 5.92. The summed E-state index contributed by atoms with van der Waals surface area (Å²) in [6.45, 7) is 0. The van der Waals surface area contributed by atoms with Crippen molar-refractivity contribution in [1.82, 2.24) is 0 Å². The minimum Gasteiger partial charge on any atom is -0.402 e. The molecule has 1 fully saturated rings. The first-order valence-electron chi connectivity index (χ1n) is 3.69. The molecule has 0 aromatic carbocycles. The van der Waals surface area contributed by atoms with Crippen molar-refractivity contribution in [3.63, 3.8) is 0 Å². The molecule has 2 nitrogen and oxygen atoms in total. The maximum absolute atomic E-state index is 11.0. The van der Waals surface area contributed by atoms with Gasteiger partial charge in [0.2, 0.25) is 0 Å². The van der Waals surface area contributed by atoms with Gasteiger partial charge in [0.15, 0.2) is 5.78 Å². The molecule has 0 radical (unpaired) electrons.